The third-order valence-corrected chi connectivity index (χ3v) is 3.47. The fraction of sp³-hybridized carbons (Fsp3) is 0.923. The molecular formula is C13H26N2O2. The van der Waals surface area contributed by atoms with Gasteiger partial charge in [-0.15, -0.1) is 0 Å². The molecule has 0 aliphatic carbocycles. The van der Waals surface area contributed by atoms with Crippen LogP contribution in [0.15, 0.2) is 0 Å². The van der Waals surface area contributed by atoms with Crippen LogP contribution in [0.3, 0.4) is 0 Å². The molecule has 1 heterocycles. The van der Waals surface area contributed by atoms with Gasteiger partial charge < -0.3 is 15.0 Å². The minimum atomic E-state index is -0.367. The minimum Gasteiger partial charge on any atom is -0.378 e. The van der Waals surface area contributed by atoms with Crippen molar-refractivity contribution < 1.29 is 9.53 Å². The van der Waals surface area contributed by atoms with Gasteiger partial charge in [0.2, 0.25) is 5.91 Å². The van der Waals surface area contributed by atoms with Gasteiger partial charge in [-0.05, 0) is 40.2 Å². The van der Waals surface area contributed by atoms with Crippen LogP contribution in [0, 0.1) is 0 Å². The molecule has 0 radical (unpaired) electrons. The van der Waals surface area contributed by atoms with Crippen molar-refractivity contribution in [1.82, 2.24) is 10.2 Å². The predicted octanol–water partition coefficient (Wildman–Crippen LogP) is 1.40. The molecule has 0 aromatic heterocycles. The number of hydrogen-bond acceptors (Lipinski definition) is 3. The quantitative estimate of drug-likeness (QED) is 0.765. The van der Waals surface area contributed by atoms with Gasteiger partial charge in [-0.2, -0.15) is 0 Å². The van der Waals surface area contributed by atoms with E-state index in [-0.39, 0.29) is 11.5 Å². The van der Waals surface area contributed by atoms with Crippen molar-refractivity contribution in [2.24, 2.45) is 0 Å². The van der Waals surface area contributed by atoms with E-state index >= 15 is 0 Å². The third kappa shape index (κ3) is 4.64. The Kier molecular flexibility index (Phi) is 5.40. The number of hydrogen-bond donors (Lipinski definition) is 1. The van der Waals surface area contributed by atoms with Gasteiger partial charge in [0.15, 0.2) is 0 Å². The number of carbonyl (C=O) groups is 1. The minimum absolute atomic E-state index is 0.188. The molecular weight excluding hydrogens is 216 g/mol. The highest BCUT2D eigenvalue weighted by atomic mass is 16.5. The molecule has 4 heteroatoms. The standard InChI is InChI=1S/C13H26N2O2/c1-5-15(10-11-7-6-8-14-11)12(16)9-13(2,3)17-4/h11,14H,5-10H2,1-4H3. The zero-order chi connectivity index (χ0) is 12.9. The average molecular weight is 242 g/mol. The number of methoxy groups -OCH3 is 1. The lowest BCUT2D eigenvalue weighted by molar-refractivity contribution is -0.136. The third-order valence-electron chi connectivity index (χ3n) is 3.47. The van der Waals surface area contributed by atoms with E-state index in [4.69, 9.17) is 4.74 Å². The van der Waals surface area contributed by atoms with E-state index < -0.39 is 0 Å². The zero-order valence-corrected chi connectivity index (χ0v) is 11.6. The summed E-state index contributed by atoms with van der Waals surface area (Å²) in [5, 5.41) is 3.43. The molecule has 1 rings (SSSR count). The fourth-order valence-corrected chi connectivity index (χ4v) is 2.13. The van der Waals surface area contributed by atoms with Crippen LogP contribution in [0.25, 0.3) is 0 Å². The molecule has 17 heavy (non-hydrogen) atoms. The first kappa shape index (κ1) is 14.5. The Bertz CT molecular complexity index is 248. The van der Waals surface area contributed by atoms with Gasteiger partial charge in [-0.25, -0.2) is 0 Å². The molecule has 1 unspecified atom stereocenters. The van der Waals surface area contributed by atoms with Crippen LogP contribution in [0.5, 0.6) is 0 Å². The van der Waals surface area contributed by atoms with Gasteiger partial charge in [0, 0.05) is 26.2 Å². The van der Waals surface area contributed by atoms with E-state index in [1.165, 1.54) is 12.8 Å². The average Bonchev–Trinajstić information content (AvgIpc) is 2.77. The maximum absolute atomic E-state index is 12.2. The summed E-state index contributed by atoms with van der Waals surface area (Å²) in [6, 6.07) is 0.476. The topological polar surface area (TPSA) is 41.6 Å². The molecule has 1 aliphatic rings. The fourth-order valence-electron chi connectivity index (χ4n) is 2.13. The predicted molar refractivity (Wildman–Crippen MR) is 69.0 cm³/mol. The normalized spacial score (nSPS) is 20.6. The summed E-state index contributed by atoms with van der Waals surface area (Å²) in [5.74, 6) is 0.188. The smallest absolute Gasteiger partial charge is 0.225 e. The first-order valence-corrected chi connectivity index (χ1v) is 6.55. The molecule has 0 spiro atoms. The van der Waals surface area contributed by atoms with Crippen molar-refractivity contribution in [3.05, 3.63) is 0 Å². The molecule has 1 N–H and O–H groups in total. The van der Waals surface area contributed by atoms with Crippen molar-refractivity contribution in [3.8, 4) is 0 Å². The zero-order valence-electron chi connectivity index (χ0n) is 11.6. The summed E-state index contributed by atoms with van der Waals surface area (Å²) < 4.78 is 5.31. The number of rotatable bonds is 6. The Balaban J connectivity index is 2.45. The van der Waals surface area contributed by atoms with E-state index in [0.29, 0.717) is 12.5 Å². The van der Waals surface area contributed by atoms with Gasteiger partial charge in [-0.1, -0.05) is 0 Å². The molecule has 4 nitrogen and oxygen atoms in total. The van der Waals surface area contributed by atoms with Gasteiger partial charge in [0.25, 0.3) is 0 Å². The number of likely N-dealkylation sites (N-methyl/N-ethyl adjacent to an activating group) is 1. The van der Waals surface area contributed by atoms with Gasteiger partial charge in [-0.3, -0.25) is 4.79 Å². The van der Waals surface area contributed by atoms with Crippen molar-refractivity contribution >= 4 is 5.91 Å². The van der Waals surface area contributed by atoms with E-state index in [0.717, 1.165) is 19.6 Å². The first-order chi connectivity index (χ1) is 7.98. The summed E-state index contributed by atoms with van der Waals surface area (Å²) in [5.41, 5.74) is -0.367. The number of ether oxygens (including phenoxy) is 1. The molecule has 0 aromatic carbocycles. The van der Waals surface area contributed by atoms with Crippen LogP contribution in [-0.2, 0) is 9.53 Å². The SMILES string of the molecule is CCN(CC1CCCN1)C(=O)CC(C)(C)OC. The molecule has 0 bridgehead atoms. The monoisotopic (exact) mass is 242 g/mol. The van der Waals surface area contributed by atoms with Crippen molar-refractivity contribution in [3.63, 3.8) is 0 Å². The van der Waals surface area contributed by atoms with Crippen LogP contribution < -0.4 is 5.32 Å². The van der Waals surface area contributed by atoms with Crippen LogP contribution in [0.2, 0.25) is 0 Å². The Morgan fingerprint density at radius 1 is 1.53 bits per heavy atom. The second-order valence-electron chi connectivity index (χ2n) is 5.37. The van der Waals surface area contributed by atoms with E-state index in [2.05, 4.69) is 5.32 Å². The number of nitrogens with one attached hydrogen (secondary N) is 1. The molecule has 1 saturated heterocycles. The van der Waals surface area contributed by atoms with Gasteiger partial charge in [0.1, 0.15) is 0 Å². The highest BCUT2D eigenvalue weighted by Gasteiger charge is 2.26. The first-order valence-electron chi connectivity index (χ1n) is 6.55. The summed E-state index contributed by atoms with van der Waals surface area (Å²) in [4.78, 5) is 14.1. The van der Waals surface area contributed by atoms with E-state index in [1.807, 2.05) is 25.7 Å². The Labute approximate surface area is 105 Å². The van der Waals surface area contributed by atoms with Crippen LogP contribution in [-0.4, -0.2) is 49.2 Å². The van der Waals surface area contributed by atoms with E-state index in [1.54, 1.807) is 7.11 Å². The summed E-state index contributed by atoms with van der Waals surface area (Å²) >= 11 is 0. The second kappa shape index (κ2) is 6.36. The lowest BCUT2D eigenvalue weighted by Gasteiger charge is -2.29. The van der Waals surface area contributed by atoms with Crippen molar-refractivity contribution in [1.29, 1.82) is 0 Å². The van der Waals surface area contributed by atoms with Gasteiger partial charge >= 0.3 is 0 Å². The van der Waals surface area contributed by atoms with Crippen molar-refractivity contribution in [2.75, 3.05) is 26.7 Å². The number of amides is 1. The summed E-state index contributed by atoms with van der Waals surface area (Å²) in [6.07, 6.45) is 2.85. The number of nitrogens with zero attached hydrogens (tertiary/aromatic N) is 1. The van der Waals surface area contributed by atoms with Crippen LogP contribution >= 0.6 is 0 Å². The Morgan fingerprint density at radius 3 is 2.71 bits per heavy atom. The Morgan fingerprint density at radius 2 is 2.24 bits per heavy atom. The summed E-state index contributed by atoms with van der Waals surface area (Å²) in [6.45, 7) is 8.62. The van der Waals surface area contributed by atoms with E-state index in [9.17, 15) is 4.79 Å². The molecule has 1 aliphatic heterocycles. The molecule has 100 valence electrons. The molecule has 0 aromatic rings. The highest BCUT2D eigenvalue weighted by Crippen LogP contribution is 2.16. The van der Waals surface area contributed by atoms with Crippen LogP contribution in [0.1, 0.15) is 40.0 Å². The van der Waals surface area contributed by atoms with Crippen LogP contribution in [0.4, 0.5) is 0 Å². The molecule has 1 fully saturated rings. The van der Waals surface area contributed by atoms with Gasteiger partial charge in [0.05, 0.1) is 12.0 Å². The molecule has 1 atom stereocenters. The largest absolute Gasteiger partial charge is 0.378 e. The van der Waals surface area contributed by atoms with Crippen molar-refractivity contribution in [2.45, 2.75) is 51.7 Å². The second-order valence-corrected chi connectivity index (χ2v) is 5.37. The maximum atomic E-state index is 12.2. The molecule has 1 amide bonds. The maximum Gasteiger partial charge on any atom is 0.225 e. The number of carbonyl (C=O) groups excluding carboxylic acids is 1. The highest BCUT2D eigenvalue weighted by molar-refractivity contribution is 5.77. The Hall–Kier alpha value is -0.610. The lowest BCUT2D eigenvalue weighted by Crippen LogP contribution is -2.43. The molecule has 0 saturated carbocycles. The summed E-state index contributed by atoms with van der Waals surface area (Å²) in [7, 11) is 1.65. The lowest BCUT2D eigenvalue weighted by atomic mass is 10.0.